The van der Waals surface area contributed by atoms with Crippen LogP contribution in [0.1, 0.15) is 30.9 Å². The van der Waals surface area contributed by atoms with Crippen molar-refractivity contribution < 1.29 is 0 Å². The quantitative estimate of drug-likeness (QED) is 0.686. The third-order valence-electron chi connectivity index (χ3n) is 4.26. The molecule has 0 amide bonds. The molecule has 4 rings (SSSR count). The summed E-state index contributed by atoms with van der Waals surface area (Å²) in [5.74, 6) is 1.22. The fourth-order valence-electron chi connectivity index (χ4n) is 3.26. The molecule has 0 N–H and O–H groups in total. The SMILES string of the molecule is CC1CCC(N2c3ccccc3Cc3ccccc32)=N1.Cl. The number of halogens is 1. The number of rotatable bonds is 0. The van der Waals surface area contributed by atoms with Gasteiger partial charge in [-0.1, -0.05) is 36.4 Å². The Morgan fingerprint density at radius 1 is 0.952 bits per heavy atom. The van der Waals surface area contributed by atoms with E-state index in [1.165, 1.54) is 28.3 Å². The molecular formula is C18H19ClN2. The van der Waals surface area contributed by atoms with Crippen LogP contribution in [0.4, 0.5) is 11.4 Å². The van der Waals surface area contributed by atoms with Crippen molar-refractivity contribution in [1.29, 1.82) is 0 Å². The lowest BCUT2D eigenvalue weighted by Gasteiger charge is -2.33. The Labute approximate surface area is 131 Å². The summed E-state index contributed by atoms with van der Waals surface area (Å²) in [4.78, 5) is 7.23. The van der Waals surface area contributed by atoms with Crippen LogP contribution in [0.3, 0.4) is 0 Å². The fourth-order valence-corrected chi connectivity index (χ4v) is 3.26. The van der Waals surface area contributed by atoms with Gasteiger partial charge in [0.25, 0.3) is 0 Å². The van der Waals surface area contributed by atoms with Crippen LogP contribution in [-0.4, -0.2) is 11.9 Å². The van der Waals surface area contributed by atoms with Gasteiger partial charge in [-0.15, -0.1) is 12.4 Å². The zero-order valence-corrected chi connectivity index (χ0v) is 12.9. The van der Waals surface area contributed by atoms with E-state index in [-0.39, 0.29) is 12.4 Å². The predicted octanol–water partition coefficient (Wildman–Crippen LogP) is 4.73. The molecule has 0 fully saturated rings. The van der Waals surface area contributed by atoms with Crippen LogP contribution in [0.2, 0.25) is 0 Å². The van der Waals surface area contributed by atoms with E-state index in [2.05, 4.69) is 60.4 Å². The van der Waals surface area contributed by atoms with Gasteiger partial charge < -0.3 is 0 Å². The van der Waals surface area contributed by atoms with E-state index in [1.807, 2.05) is 0 Å². The average molecular weight is 299 g/mol. The molecule has 0 saturated carbocycles. The molecule has 0 aliphatic carbocycles. The summed E-state index contributed by atoms with van der Waals surface area (Å²) in [7, 11) is 0. The third-order valence-corrected chi connectivity index (χ3v) is 4.26. The highest BCUT2D eigenvalue weighted by molar-refractivity contribution is 6.07. The summed E-state index contributed by atoms with van der Waals surface area (Å²) in [6.45, 7) is 2.20. The van der Waals surface area contributed by atoms with Crippen molar-refractivity contribution >= 4 is 29.6 Å². The summed E-state index contributed by atoms with van der Waals surface area (Å²) in [5, 5.41) is 0. The average Bonchev–Trinajstić information content (AvgIpc) is 2.91. The normalized spacial score (nSPS) is 19.4. The zero-order chi connectivity index (χ0) is 13.5. The minimum Gasteiger partial charge on any atom is -0.298 e. The Morgan fingerprint density at radius 2 is 1.52 bits per heavy atom. The molecule has 2 aliphatic heterocycles. The number of fused-ring (bicyclic) bond motifs is 2. The molecule has 0 spiro atoms. The minimum absolute atomic E-state index is 0. The predicted molar refractivity (Wildman–Crippen MR) is 91.2 cm³/mol. The molecule has 0 bridgehead atoms. The van der Waals surface area contributed by atoms with Crippen LogP contribution in [-0.2, 0) is 6.42 Å². The molecule has 2 aliphatic rings. The maximum Gasteiger partial charge on any atom is 0.108 e. The Bertz CT molecular complexity index is 648. The second kappa shape index (κ2) is 5.53. The summed E-state index contributed by atoms with van der Waals surface area (Å²) in [5.41, 5.74) is 5.40. The number of hydrogen-bond acceptors (Lipinski definition) is 2. The van der Waals surface area contributed by atoms with Crippen LogP contribution in [0.5, 0.6) is 0 Å². The number of para-hydroxylation sites is 2. The minimum atomic E-state index is 0. The van der Waals surface area contributed by atoms with E-state index >= 15 is 0 Å². The van der Waals surface area contributed by atoms with Crippen molar-refractivity contribution in [2.45, 2.75) is 32.2 Å². The first kappa shape index (κ1) is 14.2. The zero-order valence-electron chi connectivity index (χ0n) is 12.1. The fraction of sp³-hybridized carbons (Fsp3) is 0.278. The molecule has 0 aromatic heterocycles. The number of benzene rings is 2. The lowest BCUT2D eigenvalue weighted by molar-refractivity contribution is 0.739. The van der Waals surface area contributed by atoms with Crippen LogP contribution in [0, 0.1) is 0 Å². The van der Waals surface area contributed by atoms with Crippen LogP contribution >= 0.6 is 12.4 Å². The van der Waals surface area contributed by atoms with Gasteiger partial charge in [0.1, 0.15) is 5.84 Å². The van der Waals surface area contributed by atoms with Gasteiger partial charge in [-0.25, -0.2) is 0 Å². The highest BCUT2D eigenvalue weighted by atomic mass is 35.5. The van der Waals surface area contributed by atoms with E-state index in [0.717, 1.165) is 19.3 Å². The second-order valence-corrected chi connectivity index (χ2v) is 5.70. The molecule has 21 heavy (non-hydrogen) atoms. The topological polar surface area (TPSA) is 15.6 Å². The summed E-state index contributed by atoms with van der Waals surface area (Å²) in [6.07, 6.45) is 3.26. The first-order valence-corrected chi connectivity index (χ1v) is 7.35. The summed E-state index contributed by atoms with van der Waals surface area (Å²) >= 11 is 0. The van der Waals surface area contributed by atoms with Crippen molar-refractivity contribution in [1.82, 2.24) is 0 Å². The Kier molecular flexibility index (Phi) is 3.73. The van der Waals surface area contributed by atoms with Crippen molar-refractivity contribution in [2.75, 3.05) is 4.90 Å². The molecule has 1 unspecified atom stereocenters. The first-order chi connectivity index (χ1) is 9.83. The summed E-state index contributed by atoms with van der Waals surface area (Å²) < 4.78 is 0. The second-order valence-electron chi connectivity index (χ2n) is 5.70. The van der Waals surface area contributed by atoms with Gasteiger partial charge in [-0.05, 0) is 36.6 Å². The van der Waals surface area contributed by atoms with Gasteiger partial charge >= 0.3 is 0 Å². The molecule has 0 saturated heterocycles. The van der Waals surface area contributed by atoms with Gasteiger partial charge in [-0.2, -0.15) is 0 Å². The monoisotopic (exact) mass is 298 g/mol. The molecule has 108 valence electrons. The Hall–Kier alpha value is -1.80. The lowest BCUT2D eigenvalue weighted by atomic mass is 9.95. The number of aliphatic imine (C=N–C) groups is 1. The smallest absolute Gasteiger partial charge is 0.108 e. The highest BCUT2D eigenvalue weighted by Crippen LogP contribution is 2.40. The lowest BCUT2D eigenvalue weighted by Crippen LogP contribution is -2.28. The number of hydrogen-bond donors (Lipinski definition) is 0. The van der Waals surface area contributed by atoms with Gasteiger partial charge in [-0.3, -0.25) is 9.89 Å². The van der Waals surface area contributed by atoms with Crippen molar-refractivity contribution in [3.63, 3.8) is 0 Å². The van der Waals surface area contributed by atoms with Gasteiger partial charge in [0.2, 0.25) is 0 Å². The van der Waals surface area contributed by atoms with Crippen LogP contribution < -0.4 is 4.90 Å². The standard InChI is InChI=1S/C18H18N2.ClH/c1-13-10-11-18(19-13)20-16-8-4-2-6-14(16)12-15-7-3-5-9-17(15)20;/h2-9,13H,10-12H2,1H3;1H. The molecule has 2 aromatic rings. The Balaban J connectivity index is 0.00000132. The first-order valence-electron chi connectivity index (χ1n) is 7.35. The van der Waals surface area contributed by atoms with E-state index in [1.54, 1.807) is 0 Å². The highest BCUT2D eigenvalue weighted by Gasteiger charge is 2.28. The largest absolute Gasteiger partial charge is 0.298 e. The molecule has 1 atom stereocenters. The van der Waals surface area contributed by atoms with E-state index in [0.29, 0.717) is 6.04 Å². The molecular weight excluding hydrogens is 280 g/mol. The maximum absolute atomic E-state index is 4.85. The van der Waals surface area contributed by atoms with Gasteiger partial charge in [0.05, 0.1) is 11.4 Å². The Morgan fingerprint density at radius 3 is 2.05 bits per heavy atom. The molecule has 2 nitrogen and oxygen atoms in total. The molecule has 2 aromatic carbocycles. The number of anilines is 2. The van der Waals surface area contributed by atoms with Crippen molar-refractivity contribution in [3.8, 4) is 0 Å². The number of amidine groups is 1. The van der Waals surface area contributed by atoms with Crippen molar-refractivity contribution in [3.05, 3.63) is 59.7 Å². The number of nitrogens with zero attached hydrogens (tertiary/aromatic N) is 2. The molecule has 3 heteroatoms. The maximum atomic E-state index is 4.85. The van der Waals surface area contributed by atoms with E-state index in [9.17, 15) is 0 Å². The van der Waals surface area contributed by atoms with E-state index in [4.69, 9.17) is 4.99 Å². The van der Waals surface area contributed by atoms with Crippen LogP contribution in [0.25, 0.3) is 0 Å². The van der Waals surface area contributed by atoms with Crippen LogP contribution in [0.15, 0.2) is 53.5 Å². The van der Waals surface area contributed by atoms with E-state index < -0.39 is 0 Å². The van der Waals surface area contributed by atoms with Crippen molar-refractivity contribution in [2.24, 2.45) is 4.99 Å². The van der Waals surface area contributed by atoms with Gasteiger partial charge in [0, 0.05) is 18.9 Å². The third kappa shape index (κ3) is 2.34. The molecule has 2 heterocycles. The van der Waals surface area contributed by atoms with Gasteiger partial charge in [0.15, 0.2) is 0 Å². The summed E-state index contributed by atoms with van der Waals surface area (Å²) in [6, 6.07) is 17.9. The molecule has 0 radical (unpaired) electrons.